The number of hydrogen-bond donors (Lipinski definition) is 1. The van der Waals surface area contributed by atoms with Gasteiger partial charge in [-0.2, -0.15) is 25.8 Å². The van der Waals surface area contributed by atoms with Crippen LogP contribution >= 0.6 is 12.6 Å². The Morgan fingerprint density at radius 2 is 1.53 bits per heavy atom. The normalized spacial score (nSPS) is 13.4. The number of hydrogen-bond acceptors (Lipinski definition) is 2. The van der Waals surface area contributed by atoms with Crippen LogP contribution in [0, 0.1) is 5.41 Å². The molecule has 0 aromatic heterocycles. The number of alkyl halides is 3. The van der Waals surface area contributed by atoms with E-state index in [-0.39, 0.29) is 5.41 Å². The molecule has 0 heterocycles. The first-order valence-electron chi connectivity index (χ1n) is 6.22. The van der Waals surface area contributed by atoms with Gasteiger partial charge < -0.3 is 0 Å². The van der Waals surface area contributed by atoms with Crippen LogP contribution in [0.2, 0.25) is 0 Å². The smallest absolute Gasteiger partial charge is 0.294 e. The average molecular weight is 271 g/mol. The van der Waals surface area contributed by atoms with Crippen LogP contribution in [0.4, 0.5) is 13.2 Å². The third-order valence-corrected chi connectivity index (χ3v) is 4.01. The Kier molecular flexibility index (Phi) is 7.56. The van der Waals surface area contributed by atoms with Gasteiger partial charge in [0.05, 0.1) is 6.54 Å². The highest BCUT2D eigenvalue weighted by Gasteiger charge is 2.34. The van der Waals surface area contributed by atoms with Gasteiger partial charge in [-0.05, 0) is 37.0 Å². The molecular formula is C12H24F3NS. The van der Waals surface area contributed by atoms with Crippen molar-refractivity contribution in [3.05, 3.63) is 0 Å². The molecule has 0 aromatic carbocycles. The number of halogens is 3. The van der Waals surface area contributed by atoms with Gasteiger partial charge in [-0.3, -0.25) is 4.90 Å². The van der Waals surface area contributed by atoms with Crippen LogP contribution < -0.4 is 0 Å². The second-order valence-electron chi connectivity index (χ2n) is 4.69. The van der Waals surface area contributed by atoms with Gasteiger partial charge in [-0.25, -0.2) is 0 Å². The van der Waals surface area contributed by atoms with E-state index in [1.807, 2.05) is 20.8 Å². The van der Waals surface area contributed by atoms with Gasteiger partial charge in [0.1, 0.15) is 0 Å². The maximum Gasteiger partial charge on any atom is 0.401 e. The molecule has 0 bridgehead atoms. The van der Waals surface area contributed by atoms with Gasteiger partial charge in [0.25, 0.3) is 0 Å². The summed E-state index contributed by atoms with van der Waals surface area (Å²) in [7, 11) is 0. The molecule has 0 saturated carbocycles. The van der Waals surface area contributed by atoms with Gasteiger partial charge in [0.15, 0.2) is 0 Å². The van der Waals surface area contributed by atoms with E-state index in [0.29, 0.717) is 18.8 Å². The van der Waals surface area contributed by atoms with Gasteiger partial charge >= 0.3 is 6.18 Å². The van der Waals surface area contributed by atoms with E-state index < -0.39 is 12.7 Å². The van der Waals surface area contributed by atoms with Crippen molar-refractivity contribution in [3.8, 4) is 0 Å². The van der Waals surface area contributed by atoms with Gasteiger partial charge in [-0.15, -0.1) is 0 Å². The lowest BCUT2D eigenvalue weighted by molar-refractivity contribution is -0.149. The van der Waals surface area contributed by atoms with Crippen molar-refractivity contribution in [1.29, 1.82) is 0 Å². The first-order valence-corrected chi connectivity index (χ1v) is 6.85. The second-order valence-corrected chi connectivity index (χ2v) is 5.01. The van der Waals surface area contributed by atoms with Crippen LogP contribution in [0.1, 0.15) is 40.0 Å². The first kappa shape index (κ1) is 17.1. The highest BCUT2D eigenvalue weighted by atomic mass is 32.1. The number of rotatable bonds is 8. The summed E-state index contributed by atoms with van der Waals surface area (Å²) < 4.78 is 37.4. The minimum atomic E-state index is -4.11. The predicted octanol–water partition coefficient (Wildman–Crippen LogP) is 4.00. The summed E-state index contributed by atoms with van der Waals surface area (Å²) in [5.74, 6) is 0.637. The maximum absolute atomic E-state index is 12.5. The molecule has 0 radical (unpaired) electrons. The summed E-state index contributed by atoms with van der Waals surface area (Å²) in [6.07, 6.45) is -1.64. The van der Waals surface area contributed by atoms with Crippen molar-refractivity contribution in [1.82, 2.24) is 4.90 Å². The SMILES string of the molecule is CCCN(CC(F)(F)F)CC(CC)(CC)CS. The second kappa shape index (κ2) is 7.52. The summed E-state index contributed by atoms with van der Waals surface area (Å²) in [5, 5.41) is 0. The monoisotopic (exact) mass is 271 g/mol. The lowest BCUT2D eigenvalue weighted by atomic mass is 9.83. The molecule has 0 rings (SSSR count). The minimum Gasteiger partial charge on any atom is -0.294 e. The Hall–Kier alpha value is 0.100. The van der Waals surface area contributed by atoms with Crippen molar-refractivity contribution in [2.75, 3.05) is 25.4 Å². The summed E-state index contributed by atoms with van der Waals surface area (Å²) in [6, 6.07) is 0. The third kappa shape index (κ3) is 6.55. The molecule has 0 amide bonds. The summed E-state index contributed by atoms with van der Waals surface area (Å²) in [6.45, 7) is 6.13. The molecule has 0 unspecified atom stereocenters. The van der Waals surface area contributed by atoms with Crippen LogP contribution in [0.5, 0.6) is 0 Å². The van der Waals surface area contributed by atoms with Crippen molar-refractivity contribution in [2.24, 2.45) is 5.41 Å². The summed E-state index contributed by atoms with van der Waals surface area (Å²) in [5.41, 5.74) is -0.0937. The number of nitrogens with zero attached hydrogens (tertiary/aromatic N) is 1. The fourth-order valence-electron chi connectivity index (χ4n) is 2.01. The zero-order chi connectivity index (χ0) is 13.5. The van der Waals surface area contributed by atoms with Crippen LogP contribution in [0.25, 0.3) is 0 Å². The fourth-order valence-corrected chi connectivity index (χ4v) is 2.55. The van der Waals surface area contributed by atoms with Crippen LogP contribution in [0.15, 0.2) is 0 Å². The highest BCUT2D eigenvalue weighted by Crippen LogP contribution is 2.30. The van der Waals surface area contributed by atoms with E-state index in [1.54, 1.807) is 0 Å². The molecule has 0 atom stereocenters. The Balaban J connectivity index is 4.60. The lowest BCUT2D eigenvalue weighted by Crippen LogP contribution is -2.43. The van der Waals surface area contributed by atoms with E-state index in [9.17, 15) is 13.2 Å². The zero-order valence-electron chi connectivity index (χ0n) is 11.0. The highest BCUT2D eigenvalue weighted by molar-refractivity contribution is 7.80. The third-order valence-electron chi connectivity index (χ3n) is 3.34. The van der Waals surface area contributed by atoms with Crippen molar-refractivity contribution < 1.29 is 13.2 Å². The number of thiol groups is 1. The molecule has 1 nitrogen and oxygen atoms in total. The lowest BCUT2D eigenvalue weighted by Gasteiger charge is -2.36. The van der Waals surface area contributed by atoms with Crippen molar-refractivity contribution in [2.45, 2.75) is 46.2 Å². The largest absolute Gasteiger partial charge is 0.401 e. The molecule has 0 aliphatic rings. The van der Waals surface area contributed by atoms with E-state index in [4.69, 9.17) is 0 Å². The van der Waals surface area contributed by atoms with E-state index in [1.165, 1.54) is 4.90 Å². The quantitative estimate of drug-likeness (QED) is 0.653. The van der Waals surface area contributed by atoms with Gasteiger partial charge in [0.2, 0.25) is 0 Å². The topological polar surface area (TPSA) is 3.24 Å². The molecule has 0 aromatic rings. The predicted molar refractivity (Wildman–Crippen MR) is 69.7 cm³/mol. The molecular weight excluding hydrogens is 247 g/mol. The standard InChI is InChI=1S/C12H24F3NS/c1-4-7-16(9-12(13,14)15)8-11(5-2,6-3)10-17/h17H,4-10H2,1-3H3. The maximum atomic E-state index is 12.5. The molecule has 0 aliphatic heterocycles. The van der Waals surface area contributed by atoms with E-state index in [2.05, 4.69) is 12.6 Å². The zero-order valence-corrected chi connectivity index (χ0v) is 11.9. The first-order chi connectivity index (χ1) is 7.82. The minimum absolute atomic E-state index is 0.0937. The Bertz CT molecular complexity index is 194. The fraction of sp³-hybridized carbons (Fsp3) is 1.00. The molecule has 104 valence electrons. The molecule has 0 aliphatic carbocycles. The van der Waals surface area contributed by atoms with Gasteiger partial charge in [0, 0.05) is 6.54 Å². The molecule has 0 fully saturated rings. The molecule has 17 heavy (non-hydrogen) atoms. The van der Waals surface area contributed by atoms with Crippen molar-refractivity contribution in [3.63, 3.8) is 0 Å². The Morgan fingerprint density at radius 3 is 1.82 bits per heavy atom. The Morgan fingerprint density at radius 1 is 1.00 bits per heavy atom. The Labute approximate surface area is 108 Å². The summed E-state index contributed by atoms with van der Waals surface area (Å²) in [4.78, 5) is 1.52. The average Bonchev–Trinajstić information content (AvgIpc) is 2.24. The molecule has 0 N–H and O–H groups in total. The van der Waals surface area contributed by atoms with Crippen LogP contribution in [-0.4, -0.2) is 36.5 Å². The molecule has 0 saturated heterocycles. The molecule has 5 heteroatoms. The molecule has 0 spiro atoms. The van der Waals surface area contributed by atoms with E-state index in [0.717, 1.165) is 19.3 Å². The summed E-state index contributed by atoms with van der Waals surface area (Å²) >= 11 is 4.31. The van der Waals surface area contributed by atoms with Crippen LogP contribution in [-0.2, 0) is 0 Å². The van der Waals surface area contributed by atoms with Crippen LogP contribution in [0.3, 0.4) is 0 Å². The van der Waals surface area contributed by atoms with Crippen molar-refractivity contribution >= 4 is 12.6 Å². The van der Waals surface area contributed by atoms with Gasteiger partial charge in [-0.1, -0.05) is 20.8 Å². The van der Waals surface area contributed by atoms with E-state index >= 15 is 0 Å².